The largest absolute Gasteiger partial charge is 0.473 e. The van der Waals surface area contributed by atoms with Gasteiger partial charge in [0.15, 0.2) is 0 Å². The summed E-state index contributed by atoms with van der Waals surface area (Å²) in [5, 5.41) is 2.81. The van der Waals surface area contributed by atoms with Crippen LogP contribution in [0.5, 0.6) is 5.88 Å². The Morgan fingerprint density at radius 3 is 2.52 bits per heavy atom. The van der Waals surface area contributed by atoms with E-state index < -0.39 is 0 Å². The minimum atomic E-state index is -0.190. The molecule has 2 aromatic rings. The fourth-order valence-corrected chi connectivity index (χ4v) is 2.50. The number of nitrogens with one attached hydrogen (secondary N) is 1. The number of ether oxygens (including phenoxy) is 1. The molecule has 0 aliphatic carbocycles. The predicted molar refractivity (Wildman–Crippen MR) is 93.2 cm³/mol. The van der Waals surface area contributed by atoms with Gasteiger partial charge in [-0.1, -0.05) is 30.3 Å². The summed E-state index contributed by atoms with van der Waals surface area (Å²) in [5.74, 6) is 0.501. The minimum Gasteiger partial charge on any atom is -0.473 e. The van der Waals surface area contributed by atoms with Crippen LogP contribution < -0.4 is 10.1 Å². The van der Waals surface area contributed by atoms with Crippen molar-refractivity contribution in [1.29, 1.82) is 0 Å². The molecule has 0 unspecified atom stereocenters. The molecule has 7 nitrogen and oxygen atoms in total. The molecule has 3 amide bonds. The first kappa shape index (κ1) is 16.8. The van der Waals surface area contributed by atoms with E-state index in [1.807, 2.05) is 30.3 Å². The Balaban J connectivity index is 1.49. The second-order valence-corrected chi connectivity index (χ2v) is 5.72. The molecular weight excluding hydrogens is 320 g/mol. The van der Waals surface area contributed by atoms with Gasteiger partial charge in [0.25, 0.3) is 0 Å². The van der Waals surface area contributed by atoms with Crippen molar-refractivity contribution in [2.45, 2.75) is 6.61 Å². The van der Waals surface area contributed by atoms with Crippen molar-refractivity contribution in [2.75, 3.05) is 31.5 Å². The second kappa shape index (κ2) is 8.14. The number of carbonyl (C=O) groups is 2. The monoisotopic (exact) mass is 340 g/mol. The number of aromatic nitrogens is 1. The van der Waals surface area contributed by atoms with Gasteiger partial charge in [0.1, 0.15) is 6.61 Å². The lowest BCUT2D eigenvalue weighted by molar-refractivity contribution is -0.119. The molecule has 0 atom stereocenters. The van der Waals surface area contributed by atoms with Crippen LogP contribution in [0.3, 0.4) is 0 Å². The molecular formula is C18H20N4O3. The highest BCUT2D eigenvalue weighted by Crippen LogP contribution is 2.14. The predicted octanol–water partition coefficient (Wildman–Crippen LogP) is 1.97. The summed E-state index contributed by atoms with van der Waals surface area (Å²) in [5.41, 5.74) is 1.67. The SMILES string of the molecule is O=CN1CCN(C(=O)Nc2ccc(OCc3ccccc3)nc2)CC1. The zero-order valence-electron chi connectivity index (χ0n) is 13.8. The van der Waals surface area contributed by atoms with Crippen LogP contribution in [-0.4, -0.2) is 53.4 Å². The lowest BCUT2D eigenvalue weighted by Crippen LogP contribution is -2.49. The first-order valence-corrected chi connectivity index (χ1v) is 8.12. The van der Waals surface area contributed by atoms with Crippen LogP contribution >= 0.6 is 0 Å². The molecule has 130 valence electrons. The summed E-state index contributed by atoms with van der Waals surface area (Å²) in [6, 6.07) is 13.1. The lowest BCUT2D eigenvalue weighted by Gasteiger charge is -2.32. The topological polar surface area (TPSA) is 74.8 Å². The van der Waals surface area contributed by atoms with Gasteiger partial charge in [-0.3, -0.25) is 4.79 Å². The molecule has 25 heavy (non-hydrogen) atoms. The van der Waals surface area contributed by atoms with Crippen LogP contribution in [0.4, 0.5) is 10.5 Å². The van der Waals surface area contributed by atoms with Crippen molar-refractivity contribution in [3.05, 3.63) is 54.2 Å². The summed E-state index contributed by atoms with van der Waals surface area (Å²) in [6.07, 6.45) is 2.38. The number of hydrogen-bond donors (Lipinski definition) is 1. The molecule has 1 aliphatic heterocycles. The van der Waals surface area contributed by atoms with Crippen LogP contribution in [0.15, 0.2) is 48.7 Å². The van der Waals surface area contributed by atoms with Crippen molar-refractivity contribution < 1.29 is 14.3 Å². The fourth-order valence-electron chi connectivity index (χ4n) is 2.50. The van der Waals surface area contributed by atoms with Crippen molar-refractivity contribution in [3.63, 3.8) is 0 Å². The maximum Gasteiger partial charge on any atom is 0.322 e. The molecule has 2 heterocycles. The van der Waals surface area contributed by atoms with E-state index >= 15 is 0 Å². The number of nitrogens with zero attached hydrogens (tertiary/aromatic N) is 3. The number of carbonyl (C=O) groups excluding carboxylic acids is 2. The number of pyridine rings is 1. The van der Waals surface area contributed by atoms with Crippen molar-refractivity contribution in [2.24, 2.45) is 0 Å². The number of anilines is 1. The number of benzene rings is 1. The average Bonchev–Trinajstić information content (AvgIpc) is 2.68. The highest BCUT2D eigenvalue weighted by molar-refractivity contribution is 5.89. The summed E-state index contributed by atoms with van der Waals surface area (Å²) < 4.78 is 5.62. The van der Waals surface area contributed by atoms with Gasteiger partial charge in [-0.25, -0.2) is 9.78 Å². The molecule has 1 fully saturated rings. The summed E-state index contributed by atoms with van der Waals surface area (Å²) in [6.45, 7) is 2.61. The Bertz CT molecular complexity index is 698. The van der Waals surface area contributed by atoms with Crippen LogP contribution in [-0.2, 0) is 11.4 Å². The van der Waals surface area contributed by atoms with Gasteiger partial charge in [-0.2, -0.15) is 0 Å². The maximum absolute atomic E-state index is 12.2. The van der Waals surface area contributed by atoms with Gasteiger partial charge >= 0.3 is 6.03 Å². The summed E-state index contributed by atoms with van der Waals surface area (Å²) in [4.78, 5) is 30.4. The van der Waals surface area contributed by atoms with Crippen LogP contribution in [0.25, 0.3) is 0 Å². The van der Waals surface area contributed by atoms with E-state index in [0.717, 1.165) is 12.0 Å². The van der Waals surface area contributed by atoms with Gasteiger partial charge in [0.05, 0.1) is 11.9 Å². The normalized spacial score (nSPS) is 14.1. The number of rotatable bonds is 5. The number of amides is 3. The van der Waals surface area contributed by atoms with Crippen LogP contribution in [0, 0.1) is 0 Å². The standard InChI is InChI=1S/C18H20N4O3/c23-14-21-8-10-22(11-9-21)18(24)20-16-6-7-17(19-12-16)25-13-15-4-2-1-3-5-15/h1-7,12,14H,8-11,13H2,(H,20,24). The number of piperazine rings is 1. The van der Waals surface area contributed by atoms with E-state index in [9.17, 15) is 9.59 Å². The Labute approximate surface area is 146 Å². The van der Waals surface area contributed by atoms with E-state index in [2.05, 4.69) is 10.3 Å². The van der Waals surface area contributed by atoms with Crippen LogP contribution in [0.1, 0.15) is 5.56 Å². The maximum atomic E-state index is 12.2. The molecule has 0 spiro atoms. The summed E-state index contributed by atoms with van der Waals surface area (Å²) >= 11 is 0. The molecule has 1 aromatic heterocycles. The van der Waals surface area contributed by atoms with Crippen molar-refractivity contribution in [1.82, 2.24) is 14.8 Å². The van der Waals surface area contributed by atoms with Gasteiger partial charge in [0, 0.05) is 32.2 Å². The molecule has 0 radical (unpaired) electrons. The second-order valence-electron chi connectivity index (χ2n) is 5.72. The Morgan fingerprint density at radius 1 is 1.12 bits per heavy atom. The minimum absolute atomic E-state index is 0.190. The highest BCUT2D eigenvalue weighted by atomic mass is 16.5. The number of hydrogen-bond acceptors (Lipinski definition) is 4. The van der Waals surface area contributed by atoms with E-state index in [1.165, 1.54) is 0 Å². The van der Waals surface area contributed by atoms with Crippen LogP contribution in [0.2, 0.25) is 0 Å². The quantitative estimate of drug-likeness (QED) is 0.845. The van der Waals surface area contributed by atoms with Gasteiger partial charge < -0.3 is 19.9 Å². The summed E-state index contributed by atoms with van der Waals surface area (Å²) in [7, 11) is 0. The lowest BCUT2D eigenvalue weighted by atomic mass is 10.2. The molecule has 1 aromatic carbocycles. The zero-order valence-corrected chi connectivity index (χ0v) is 13.8. The van der Waals surface area contributed by atoms with Crippen molar-refractivity contribution >= 4 is 18.1 Å². The first-order chi connectivity index (χ1) is 12.2. The van der Waals surface area contributed by atoms with E-state index in [1.54, 1.807) is 28.1 Å². The molecule has 3 rings (SSSR count). The third-order valence-corrected chi connectivity index (χ3v) is 3.97. The zero-order chi connectivity index (χ0) is 17.5. The Hall–Kier alpha value is -3.09. The van der Waals surface area contributed by atoms with Gasteiger partial charge in [-0.05, 0) is 11.6 Å². The smallest absolute Gasteiger partial charge is 0.322 e. The van der Waals surface area contributed by atoms with Gasteiger partial charge in [0.2, 0.25) is 12.3 Å². The molecule has 1 aliphatic rings. The van der Waals surface area contributed by atoms with E-state index in [4.69, 9.17) is 4.74 Å². The molecule has 1 N–H and O–H groups in total. The van der Waals surface area contributed by atoms with E-state index in [0.29, 0.717) is 44.4 Å². The average molecular weight is 340 g/mol. The third kappa shape index (κ3) is 4.69. The first-order valence-electron chi connectivity index (χ1n) is 8.12. The van der Waals surface area contributed by atoms with Crippen molar-refractivity contribution in [3.8, 4) is 5.88 Å². The highest BCUT2D eigenvalue weighted by Gasteiger charge is 2.20. The third-order valence-electron chi connectivity index (χ3n) is 3.97. The molecule has 7 heteroatoms. The number of urea groups is 1. The Morgan fingerprint density at radius 2 is 1.88 bits per heavy atom. The Kier molecular flexibility index (Phi) is 5.46. The van der Waals surface area contributed by atoms with Gasteiger partial charge in [-0.15, -0.1) is 0 Å². The molecule has 0 bridgehead atoms. The molecule has 0 saturated carbocycles. The fraction of sp³-hybridized carbons (Fsp3) is 0.278. The van der Waals surface area contributed by atoms with E-state index in [-0.39, 0.29) is 6.03 Å². The molecule has 1 saturated heterocycles.